The second kappa shape index (κ2) is 8.20. The molecule has 1 amide bonds. The van der Waals surface area contributed by atoms with Crippen molar-refractivity contribution in [2.75, 3.05) is 11.9 Å². The molecule has 0 saturated heterocycles. The maximum atomic E-state index is 11.8. The van der Waals surface area contributed by atoms with Crippen LogP contribution in [0.1, 0.15) is 11.1 Å². The number of halogens is 3. The molecule has 0 atom stereocenters. The van der Waals surface area contributed by atoms with Crippen molar-refractivity contribution in [1.29, 1.82) is 0 Å². The Morgan fingerprint density at radius 1 is 1.22 bits per heavy atom. The van der Waals surface area contributed by atoms with Gasteiger partial charge < -0.3 is 10.2 Å². The molecular weight excluding hydrogens is 359 g/mol. The first-order valence-corrected chi connectivity index (χ1v) is 7.76. The highest BCUT2D eigenvalue weighted by Gasteiger charge is 2.11. The Balaban J connectivity index is 1.90. The third kappa shape index (κ3) is 5.13. The number of hydrogen-bond donors (Lipinski definition) is 1. The molecule has 0 unspecified atom stereocenters. The van der Waals surface area contributed by atoms with Crippen LogP contribution in [0.4, 0.5) is 5.69 Å². The monoisotopic (exact) mass is 370 g/mol. The molecule has 0 heterocycles. The van der Waals surface area contributed by atoms with Gasteiger partial charge in [0.05, 0.1) is 21.9 Å². The Hall–Kier alpha value is -1.75. The third-order valence-electron chi connectivity index (χ3n) is 2.92. The normalized spacial score (nSPS) is 10.8. The number of oxime groups is 1. The Bertz CT molecular complexity index is 725. The van der Waals surface area contributed by atoms with E-state index in [0.29, 0.717) is 5.02 Å². The van der Waals surface area contributed by atoms with Gasteiger partial charge in [0, 0.05) is 5.02 Å². The van der Waals surface area contributed by atoms with Crippen molar-refractivity contribution < 1.29 is 9.63 Å². The number of amides is 1. The first kappa shape index (κ1) is 17.6. The summed E-state index contributed by atoms with van der Waals surface area (Å²) in [6.45, 7) is 1.69. The molecule has 2 aromatic rings. The fraction of sp³-hybridized carbons (Fsp3) is 0.125. The van der Waals surface area contributed by atoms with E-state index in [4.69, 9.17) is 39.6 Å². The summed E-state index contributed by atoms with van der Waals surface area (Å²) < 4.78 is 0. The average Bonchev–Trinajstić information content (AvgIpc) is 2.49. The van der Waals surface area contributed by atoms with Crippen LogP contribution in [0.3, 0.4) is 0 Å². The number of anilines is 1. The first-order chi connectivity index (χ1) is 11.0. The second-order valence-corrected chi connectivity index (χ2v) is 5.91. The molecule has 0 aliphatic rings. The number of hydrogen-bond acceptors (Lipinski definition) is 3. The van der Waals surface area contributed by atoms with Crippen LogP contribution in [0.2, 0.25) is 15.1 Å². The van der Waals surface area contributed by atoms with Gasteiger partial charge in [0.2, 0.25) is 0 Å². The van der Waals surface area contributed by atoms with Crippen LogP contribution < -0.4 is 5.32 Å². The van der Waals surface area contributed by atoms with E-state index >= 15 is 0 Å². The molecule has 0 aliphatic heterocycles. The summed E-state index contributed by atoms with van der Waals surface area (Å²) in [6.07, 6.45) is 1.55. The van der Waals surface area contributed by atoms with Gasteiger partial charge in [0.25, 0.3) is 5.91 Å². The highest BCUT2D eigenvalue weighted by molar-refractivity contribution is 6.42. The van der Waals surface area contributed by atoms with Gasteiger partial charge >= 0.3 is 0 Å². The number of aryl methyl sites for hydroxylation is 1. The van der Waals surface area contributed by atoms with Crippen LogP contribution >= 0.6 is 34.8 Å². The summed E-state index contributed by atoms with van der Waals surface area (Å²) in [5, 5.41) is 7.21. The zero-order chi connectivity index (χ0) is 16.8. The summed E-state index contributed by atoms with van der Waals surface area (Å²) >= 11 is 17.8. The predicted octanol–water partition coefficient (Wildman–Crippen LogP) is 4.94. The lowest BCUT2D eigenvalue weighted by molar-refractivity contribution is -0.120. The Morgan fingerprint density at radius 2 is 1.87 bits per heavy atom. The van der Waals surface area contributed by atoms with E-state index in [0.717, 1.165) is 11.1 Å². The molecule has 4 nitrogen and oxygen atoms in total. The molecule has 2 rings (SSSR count). The first-order valence-electron chi connectivity index (χ1n) is 6.62. The number of benzene rings is 2. The Morgan fingerprint density at radius 3 is 2.52 bits per heavy atom. The Labute approximate surface area is 149 Å². The van der Waals surface area contributed by atoms with Gasteiger partial charge in [0.1, 0.15) is 0 Å². The molecular formula is C16H13Cl3N2O2. The number of rotatable bonds is 5. The smallest absolute Gasteiger partial charge is 0.265 e. The zero-order valence-electron chi connectivity index (χ0n) is 12.1. The van der Waals surface area contributed by atoms with E-state index < -0.39 is 5.91 Å². The van der Waals surface area contributed by atoms with E-state index in [1.165, 1.54) is 12.1 Å². The predicted molar refractivity (Wildman–Crippen MR) is 94.8 cm³/mol. The fourth-order valence-electron chi connectivity index (χ4n) is 1.76. The molecule has 0 bridgehead atoms. The van der Waals surface area contributed by atoms with E-state index in [1.54, 1.807) is 6.21 Å². The minimum absolute atomic E-state index is 0.249. The summed E-state index contributed by atoms with van der Waals surface area (Å²) in [7, 11) is 0. The minimum Gasteiger partial charge on any atom is -0.386 e. The van der Waals surface area contributed by atoms with Crippen molar-refractivity contribution in [2.24, 2.45) is 5.16 Å². The van der Waals surface area contributed by atoms with E-state index in [-0.39, 0.29) is 22.3 Å². The van der Waals surface area contributed by atoms with Crippen LogP contribution in [0.25, 0.3) is 0 Å². The van der Waals surface area contributed by atoms with E-state index in [2.05, 4.69) is 10.5 Å². The van der Waals surface area contributed by atoms with Crippen LogP contribution in [0, 0.1) is 6.92 Å². The lowest BCUT2D eigenvalue weighted by atomic mass is 10.1. The maximum absolute atomic E-state index is 11.8. The van der Waals surface area contributed by atoms with E-state index in [1.807, 2.05) is 31.2 Å². The summed E-state index contributed by atoms with van der Waals surface area (Å²) in [4.78, 5) is 16.8. The van der Waals surface area contributed by atoms with Gasteiger partial charge in [-0.15, -0.1) is 0 Å². The van der Waals surface area contributed by atoms with Crippen LogP contribution in [-0.2, 0) is 9.63 Å². The van der Waals surface area contributed by atoms with E-state index in [9.17, 15) is 4.79 Å². The molecule has 0 saturated carbocycles. The molecule has 0 fully saturated rings. The number of carbonyl (C=O) groups is 1. The van der Waals surface area contributed by atoms with Gasteiger partial charge in [-0.3, -0.25) is 4.79 Å². The highest BCUT2D eigenvalue weighted by Crippen LogP contribution is 2.33. The molecule has 120 valence electrons. The number of nitrogens with one attached hydrogen (secondary N) is 1. The fourth-order valence-corrected chi connectivity index (χ4v) is 2.67. The van der Waals surface area contributed by atoms with Crippen molar-refractivity contribution in [3.05, 3.63) is 62.6 Å². The van der Waals surface area contributed by atoms with Crippen molar-refractivity contribution in [3.8, 4) is 0 Å². The molecule has 0 aliphatic carbocycles. The molecule has 7 heteroatoms. The quantitative estimate of drug-likeness (QED) is 0.597. The molecule has 0 aromatic heterocycles. The van der Waals surface area contributed by atoms with Gasteiger partial charge in [-0.1, -0.05) is 64.2 Å². The largest absolute Gasteiger partial charge is 0.386 e. The van der Waals surface area contributed by atoms with Gasteiger partial charge in [0.15, 0.2) is 6.61 Å². The molecule has 1 N–H and O–H groups in total. The molecule has 23 heavy (non-hydrogen) atoms. The third-order valence-corrected chi connectivity index (χ3v) is 3.74. The summed E-state index contributed by atoms with van der Waals surface area (Å²) in [5.74, 6) is -0.432. The van der Waals surface area contributed by atoms with Crippen LogP contribution in [0.5, 0.6) is 0 Å². The van der Waals surface area contributed by atoms with Crippen molar-refractivity contribution in [1.82, 2.24) is 0 Å². The number of carbonyl (C=O) groups excluding carboxylic acids is 1. The topological polar surface area (TPSA) is 50.7 Å². The van der Waals surface area contributed by atoms with Crippen molar-refractivity contribution >= 4 is 52.6 Å². The lowest BCUT2D eigenvalue weighted by Gasteiger charge is -2.09. The maximum Gasteiger partial charge on any atom is 0.265 e. The van der Waals surface area contributed by atoms with Gasteiger partial charge in [-0.25, -0.2) is 0 Å². The second-order valence-electron chi connectivity index (χ2n) is 4.66. The van der Waals surface area contributed by atoms with Gasteiger partial charge in [-0.05, 0) is 30.2 Å². The van der Waals surface area contributed by atoms with Crippen molar-refractivity contribution in [3.63, 3.8) is 0 Å². The van der Waals surface area contributed by atoms with Crippen LogP contribution in [-0.4, -0.2) is 18.7 Å². The standard InChI is InChI=1S/C16H13Cl3N2O2/c1-10-4-2-3-5-11(10)8-20-23-9-15(22)21-16-13(18)6-12(17)7-14(16)19/h2-8H,9H2,1H3,(H,21,22)/b20-8-. The number of nitrogens with zero attached hydrogens (tertiary/aromatic N) is 1. The zero-order valence-corrected chi connectivity index (χ0v) is 14.4. The SMILES string of the molecule is Cc1ccccc1/C=N\OCC(=O)Nc1c(Cl)cc(Cl)cc1Cl. The molecule has 0 radical (unpaired) electrons. The Kier molecular flexibility index (Phi) is 6.28. The lowest BCUT2D eigenvalue weighted by Crippen LogP contribution is -2.17. The van der Waals surface area contributed by atoms with Crippen LogP contribution in [0.15, 0.2) is 41.6 Å². The summed E-state index contributed by atoms with van der Waals surface area (Å²) in [6, 6.07) is 10.7. The molecule has 0 spiro atoms. The van der Waals surface area contributed by atoms with Crippen molar-refractivity contribution in [2.45, 2.75) is 6.92 Å². The average molecular weight is 372 g/mol. The minimum atomic E-state index is -0.432. The highest BCUT2D eigenvalue weighted by atomic mass is 35.5. The van der Waals surface area contributed by atoms with Gasteiger partial charge in [-0.2, -0.15) is 0 Å². The summed E-state index contributed by atoms with van der Waals surface area (Å²) in [5.41, 5.74) is 2.26. The molecule has 2 aromatic carbocycles.